The molecular weight excluding hydrogens is 612 g/mol. The van der Waals surface area contributed by atoms with Gasteiger partial charge in [0.2, 0.25) is 7.29 Å². The zero-order valence-electron chi connectivity index (χ0n) is 25.4. The van der Waals surface area contributed by atoms with Crippen molar-refractivity contribution >= 4 is 62.8 Å². The molecule has 0 aliphatic carbocycles. The summed E-state index contributed by atoms with van der Waals surface area (Å²) in [6.07, 6.45) is 0. The highest BCUT2D eigenvalue weighted by Gasteiger charge is 2.41. The molecule has 1 atom stereocenters. The molecule has 1 aromatic heterocycles. The first-order valence-corrected chi connectivity index (χ1v) is 18.2. The summed E-state index contributed by atoms with van der Waals surface area (Å²) in [6.45, 7) is 0. The first kappa shape index (κ1) is 28.0. The lowest BCUT2D eigenvalue weighted by molar-refractivity contribution is 0.586. The molecule has 0 fully saturated rings. The first-order valence-electron chi connectivity index (χ1n) is 15.7. The molecule has 224 valence electrons. The minimum absolute atomic E-state index is 0.814. The van der Waals surface area contributed by atoms with E-state index in [2.05, 4.69) is 118 Å². The van der Waals surface area contributed by atoms with Gasteiger partial charge >= 0.3 is 0 Å². The molecule has 0 radical (unpaired) electrons. The van der Waals surface area contributed by atoms with E-state index in [0.717, 1.165) is 48.6 Å². The SMILES string of the molecule is O=P1(c2ccccc2)c2ccccc2Sc2cc(-c3ccc4c(c3)c3ccccc3n4-c3ccccc3)ccc2N1c1ccccc1. The standard InChI is InChI=1S/C42H29N2OPS/c45-46(34-18-8-3-9-19-34)40-22-12-13-23-41(40)47-42-29-31(25-27-39(42)44(46)33-16-6-2-7-17-33)30-24-26-38-36(28-30)35-20-10-11-21-37(35)43(38)32-14-4-1-5-15-32/h1-29H. The van der Waals surface area contributed by atoms with E-state index in [4.69, 9.17) is 0 Å². The quantitative estimate of drug-likeness (QED) is 0.179. The number of benzene rings is 7. The highest BCUT2D eigenvalue weighted by Crippen LogP contribution is 2.60. The molecule has 0 saturated heterocycles. The second-order valence-electron chi connectivity index (χ2n) is 11.7. The summed E-state index contributed by atoms with van der Waals surface area (Å²) in [5, 5.41) is 4.11. The van der Waals surface area contributed by atoms with E-state index in [9.17, 15) is 0 Å². The summed E-state index contributed by atoms with van der Waals surface area (Å²) in [5.74, 6) is 0. The summed E-state index contributed by atoms with van der Waals surface area (Å²) < 4.78 is 20.3. The summed E-state index contributed by atoms with van der Waals surface area (Å²) in [7, 11) is -3.33. The van der Waals surface area contributed by atoms with Gasteiger partial charge in [0.25, 0.3) is 0 Å². The van der Waals surface area contributed by atoms with Crippen LogP contribution in [0, 0.1) is 0 Å². The summed E-state index contributed by atoms with van der Waals surface area (Å²) in [6, 6.07) is 60.8. The second kappa shape index (κ2) is 11.2. The maximum absolute atomic E-state index is 15.8. The molecule has 5 heteroatoms. The van der Waals surface area contributed by atoms with E-state index < -0.39 is 7.29 Å². The molecule has 0 bridgehead atoms. The van der Waals surface area contributed by atoms with Gasteiger partial charge in [-0.25, -0.2) is 0 Å². The molecular formula is C42H29N2OPS. The third-order valence-electron chi connectivity index (χ3n) is 9.01. The third kappa shape index (κ3) is 4.48. The minimum atomic E-state index is -3.33. The molecule has 2 heterocycles. The molecule has 1 unspecified atom stereocenters. The van der Waals surface area contributed by atoms with Crippen molar-refractivity contribution in [3.05, 3.63) is 176 Å². The van der Waals surface area contributed by atoms with Crippen molar-refractivity contribution in [3.8, 4) is 16.8 Å². The van der Waals surface area contributed by atoms with Gasteiger partial charge in [-0.1, -0.05) is 109 Å². The second-order valence-corrected chi connectivity index (χ2v) is 15.4. The summed E-state index contributed by atoms with van der Waals surface area (Å²) >= 11 is 1.70. The Morgan fingerprint density at radius 2 is 1.06 bits per heavy atom. The number of rotatable bonds is 4. The van der Waals surface area contributed by atoms with Gasteiger partial charge in [-0.15, -0.1) is 0 Å². The van der Waals surface area contributed by atoms with Crippen molar-refractivity contribution in [2.45, 2.75) is 9.79 Å². The maximum atomic E-state index is 15.8. The van der Waals surface area contributed by atoms with Gasteiger partial charge in [-0.2, -0.15) is 0 Å². The first-order chi connectivity index (χ1) is 23.2. The van der Waals surface area contributed by atoms with Crippen molar-refractivity contribution in [3.63, 3.8) is 0 Å². The van der Waals surface area contributed by atoms with Crippen molar-refractivity contribution in [1.82, 2.24) is 4.57 Å². The Hall–Kier alpha value is -5.28. The number of para-hydroxylation sites is 3. The van der Waals surface area contributed by atoms with E-state index >= 15 is 4.57 Å². The third-order valence-corrected chi connectivity index (χ3v) is 13.3. The van der Waals surface area contributed by atoms with Crippen LogP contribution in [0.5, 0.6) is 0 Å². The van der Waals surface area contributed by atoms with Gasteiger partial charge in [-0.05, 0) is 90.0 Å². The molecule has 1 aliphatic heterocycles. The number of hydrogen-bond acceptors (Lipinski definition) is 2. The lowest BCUT2D eigenvalue weighted by atomic mass is 10.0. The Bertz CT molecular complexity index is 2470. The van der Waals surface area contributed by atoms with Crippen LogP contribution in [-0.4, -0.2) is 4.57 Å². The van der Waals surface area contributed by atoms with Gasteiger partial charge in [0, 0.05) is 42.5 Å². The number of nitrogens with zero attached hydrogens (tertiary/aromatic N) is 2. The molecule has 3 nitrogen and oxygen atoms in total. The van der Waals surface area contributed by atoms with Crippen molar-refractivity contribution in [2.24, 2.45) is 0 Å². The van der Waals surface area contributed by atoms with E-state index in [-0.39, 0.29) is 0 Å². The van der Waals surface area contributed by atoms with Crippen LogP contribution in [-0.2, 0) is 4.57 Å². The van der Waals surface area contributed by atoms with Crippen LogP contribution in [0.1, 0.15) is 0 Å². The molecule has 7 aromatic carbocycles. The minimum Gasteiger partial charge on any atom is -0.309 e. The Kier molecular flexibility index (Phi) is 6.67. The Morgan fingerprint density at radius 1 is 0.468 bits per heavy atom. The lowest BCUT2D eigenvalue weighted by Crippen LogP contribution is -2.29. The normalized spacial score (nSPS) is 15.7. The van der Waals surface area contributed by atoms with Gasteiger partial charge in [-0.3, -0.25) is 9.24 Å². The Morgan fingerprint density at radius 3 is 1.85 bits per heavy atom. The van der Waals surface area contributed by atoms with Crippen molar-refractivity contribution < 1.29 is 4.57 Å². The average molecular weight is 641 g/mol. The van der Waals surface area contributed by atoms with Gasteiger partial charge in [0.15, 0.2) is 0 Å². The van der Waals surface area contributed by atoms with Crippen LogP contribution < -0.4 is 15.3 Å². The van der Waals surface area contributed by atoms with Crippen LogP contribution in [0.15, 0.2) is 186 Å². The van der Waals surface area contributed by atoms with E-state index in [1.807, 2.05) is 66.7 Å². The average Bonchev–Trinajstić information content (AvgIpc) is 3.41. The zero-order valence-corrected chi connectivity index (χ0v) is 27.1. The largest absolute Gasteiger partial charge is 0.309 e. The molecule has 1 aliphatic rings. The van der Waals surface area contributed by atoms with Gasteiger partial charge in [0.1, 0.15) is 0 Å². The zero-order chi connectivity index (χ0) is 31.4. The molecule has 9 rings (SSSR count). The molecule has 0 N–H and O–H groups in total. The van der Waals surface area contributed by atoms with Crippen LogP contribution >= 0.6 is 19.1 Å². The topological polar surface area (TPSA) is 25.2 Å². The van der Waals surface area contributed by atoms with Crippen LogP contribution in [0.2, 0.25) is 0 Å². The summed E-state index contributed by atoms with van der Waals surface area (Å²) in [4.78, 5) is 2.08. The van der Waals surface area contributed by atoms with Gasteiger partial charge < -0.3 is 4.57 Å². The van der Waals surface area contributed by atoms with E-state index in [1.54, 1.807) is 11.8 Å². The van der Waals surface area contributed by atoms with Crippen molar-refractivity contribution in [1.29, 1.82) is 0 Å². The lowest BCUT2D eigenvalue weighted by Gasteiger charge is -2.34. The maximum Gasteiger partial charge on any atom is 0.235 e. The number of anilines is 2. The highest BCUT2D eigenvalue weighted by atomic mass is 32.2. The monoisotopic (exact) mass is 640 g/mol. The molecule has 0 amide bonds. The fourth-order valence-corrected chi connectivity index (χ4v) is 11.4. The fraction of sp³-hybridized carbons (Fsp3) is 0. The van der Waals surface area contributed by atoms with Crippen LogP contribution in [0.3, 0.4) is 0 Å². The number of aromatic nitrogens is 1. The van der Waals surface area contributed by atoms with E-state index in [0.29, 0.717) is 0 Å². The molecule has 8 aromatic rings. The molecule has 0 saturated carbocycles. The number of hydrogen-bond donors (Lipinski definition) is 0. The number of fused-ring (bicyclic) bond motifs is 5. The fourth-order valence-electron chi connectivity index (χ4n) is 6.89. The predicted octanol–water partition coefficient (Wildman–Crippen LogP) is 11.0. The Balaban J connectivity index is 1.26. The van der Waals surface area contributed by atoms with Crippen LogP contribution in [0.25, 0.3) is 38.6 Å². The highest BCUT2D eigenvalue weighted by molar-refractivity contribution is 8.00. The smallest absolute Gasteiger partial charge is 0.235 e. The molecule has 0 spiro atoms. The van der Waals surface area contributed by atoms with Crippen molar-refractivity contribution in [2.75, 3.05) is 4.67 Å². The molecule has 47 heavy (non-hydrogen) atoms. The Labute approximate surface area is 278 Å². The van der Waals surface area contributed by atoms with Crippen LogP contribution in [0.4, 0.5) is 11.4 Å². The van der Waals surface area contributed by atoms with Gasteiger partial charge in [0.05, 0.1) is 16.7 Å². The predicted molar refractivity (Wildman–Crippen MR) is 199 cm³/mol. The van der Waals surface area contributed by atoms with E-state index in [1.165, 1.54) is 21.8 Å². The summed E-state index contributed by atoms with van der Waals surface area (Å²) in [5.41, 5.74) is 7.63.